The molecule has 1 aromatic carbocycles. The zero-order chi connectivity index (χ0) is 20.1. The zero-order valence-electron chi connectivity index (χ0n) is 16.9. The number of benzene rings is 1. The summed E-state index contributed by atoms with van der Waals surface area (Å²) < 4.78 is 12.8. The van der Waals surface area contributed by atoms with Crippen molar-refractivity contribution in [2.75, 3.05) is 12.4 Å². The first-order chi connectivity index (χ1) is 14.7. The van der Waals surface area contributed by atoms with Crippen LogP contribution in [0.1, 0.15) is 37.7 Å². The van der Waals surface area contributed by atoms with Gasteiger partial charge in [-0.3, -0.25) is 0 Å². The molecule has 0 amide bonds. The smallest absolute Gasteiger partial charge is 0.154 e. The summed E-state index contributed by atoms with van der Waals surface area (Å²) in [6.07, 6.45) is 11.4. The molecule has 2 saturated carbocycles. The van der Waals surface area contributed by atoms with E-state index in [-0.39, 0.29) is 17.6 Å². The van der Waals surface area contributed by atoms with E-state index in [0.717, 1.165) is 60.0 Å². The normalized spacial score (nSPS) is 32.3. The summed E-state index contributed by atoms with van der Waals surface area (Å²) >= 11 is 1.66. The monoisotopic (exact) mass is 422 g/mol. The molecule has 6 nitrogen and oxygen atoms in total. The Balaban J connectivity index is 1.38. The molecule has 3 heterocycles. The molecule has 2 aliphatic heterocycles. The Labute approximate surface area is 180 Å². The van der Waals surface area contributed by atoms with E-state index in [9.17, 15) is 0 Å². The van der Waals surface area contributed by atoms with E-state index in [1.54, 1.807) is 18.1 Å². The fraction of sp³-hybridized carbons (Fsp3) is 0.522. The van der Waals surface area contributed by atoms with Gasteiger partial charge in [-0.1, -0.05) is 17.8 Å². The SMILES string of the molecule is NC1=N[C@]2(CS1)c1cc(-c3cncnc3)ccc1O[C@H]1CC[C@@H](OCC3CC3)C[C@@H]12. The number of thioether (sulfide) groups is 1. The lowest BCUT2D eigenvalue weighted by Crippen LogP contribution is -2.51. The van der Waals surface area contributed by atoms with Crippen molar-refractivity contribution in [3.63, 3.8) is 0 Å². The number of amidine groups is 1. The summed E-state index contributed by atoms with van der Waals surface area (Å²) in [5, 5.41) is 0.677. The van der Waals surface area contributed by atoms with Crippen LogP contribution in [0.4, 0.5) is 0 Å². The van der Waals surface area contributed by atoms with Crippen LogP contribution >= 0.6 is 11.8 Å². The number of nitrogens with zero attached hydrogens (tertiary/aromatic N) is 3. The van der Waals surface area contributed by atoms with Gasteiger partial charge in [-0.05, 0) is 55.7 Å². The molecule has 0 saturated heterocycles. The quantitative estimate of drug-likeness (QED) is 0.808. The third-order valence-electron chi connectivity index (χ3n) is 6.98. The minimum atomic E-state index is -0.347. The predicted octanol–water partition coefficient (Wildman–Crippen LogP) is 3.76. The Morgan fingerprint density at radius 1 is 1.13 bits per heavy atom. The maximum absolute atomic E-state index is 6.53. The fourth-order valence-electron chi connectivity index (χ4n) is 5.19. The van der Waals surface area contributed by atoms with Gasteiger partial charge in [0.15, 0.2) is 5.17 Å². The van der Waals surface area contributed by atoms with Gasteiger partial charge in [0.1, 0.15) is 23.7 Å². The number of aromatic nitrogens is 2. The molecule has 7 heteroatoms. The first-order valence-electron chi connectivity index (χ1n) is 10.9. The standard InChI is InChI=1S/C23H26N4O2S/c24-22-27-23(12-30-22)18-7-15(16-9-25-13-26-10-16)3-5-20(18)29-21-6-4-17(8-19(21)23)28-11-14-1-2-14/h3,5,7,9-10,13-14,17,19,21H,1-2,4,6,8,11-12H2,(H2,24,27)/t17-,19+,21+,23-/m1/s1. The van der Waals surface area contributed by atoms with Crippen molar-refractivity contribution in [2.45, 2.75) is 49.9 Å². The first-order valence-corrected chi connectivity index (χ1v) is 11.9. The molecule has 1 spiro atoms. The molecular formula is C23H26N4O2S. The average Bonchev–Trinajstić information content (AvgIpc) is 3.54. The van der Waals surface area contributed by atoms with Crippen molar-refractivity contribution in [3.8, 4) is 16.9 Å². The molecule has 2 fully saturated rings. The van der Waals surface area contributed by atoms with Gasteiger partial charge in [-0.25, -0.2) is 15.0 Å². The number of rotatable bonds is 4. The summed E-state index contributed by atoms with van der Waals surface area (Å²) in [4.78, 5) is 13.4. The van der Waals surface area contributed by atoms with Gasteiger partial charge >= 0.3 is 0 Å². The summed E-state index contributed by atoms with van der Waals surface area (Å²) in [5.74, 6) is 2.86. The second-order valence-electron chi connectivity index (χ2n) is 8.98. The maximum Gasteiger partial charge on any atom is 0.154 e. The number of ether oxygens (including phenoxy) is 2. The van der Waals surface area contributed by atoms with Gasteiger partial charge in [0, 0.05) is 41.8 Å². The summed E-state index contributed by atoms with van der Waals surface area (Å²) in [6, 6.07) is 6.38. The zero-order valence-corrected chi connectivity index (χ0v) is 17.7. The van der Waals surface area contributed by atoms with Crippen molar-refractivity contribution in [3.05, 3.63) is 42.5 Å². The van der Waals surface area contributed by atoms with Crippen LogP contribution < -0.4 is 10.5 Å². The van der Waals surface area contributed by atoms with Crippen LogP contribution in [-0.4, -0.2) is 39.7 Å². The fourth-order valence-corrected chi connectivity index (χ4v) is 6.22. The van der Waals surface area contributed by atoms with E-state index in [2.05, 4.69) is 28.2 Å². The van der Waals surface area contributed by atoms with Gasteiger partial charge in [0.2, 0.25) is 0 Å². The third kappa shape index (κ3) is 3.19. The Hall–Kier alpha value is -2.12. The van der Waals surface area contributed by atoms with Crippen molar-refractivity contribution >= 4 is 16.9 Å². The minimum Gasteiger partial charge on any atom is -0.490 e. The molecular weight excluding hydrogens is 396 g/mol. The predicted molar refractivity (Wildman–Crippen MR) is 117 cm³/mol. The summed E-state index contributed by atoms with van der Waals surface area (Å²) in [7, 11) is 0. The van der Waals surface area contributed by atoms with Gasteiger partial charge in [0.25, 0.3) is 0 Å². The van der Waals surface area contributed by atoms with Gasteiger partial charge in [0.05, 0.1) is 6.10 Å². The van der Waals surface area contributed by atoms with Crippen molar-refractivity contribution < 1.29 is 9.47 Å². The lowest BCUT2D eigenvalue weighted by atomic mass is 9.67. The Kier molecular flexibility index (Phi) is 4.49. The maximum atomic E-state index is 6.53. The summed E-state index contributed by atoms with van der Waals surface area (Å²) in [6.45, 7) is 0.908. The molecule has 30 heavy (non-hydrogen) atoms. The average molecular weight is 423 g/mol. The van der Waals surface area contributed by atoms with E-state index in [4.69, 9.17) is 20.2 Å². The second kappa shape index (κ2) is 7.24. The second-order valence-corrected chi connectivity index (χ2v) is 9.97. The molecule has 1 aromatic heterocycles. The molecule has 0 bridgehead atoms. The first kappa shape index (κ1) is 18.6. The van der Waals surface area contributed by atoms with E-state index >= 15 is 0 Å². The van der Waals surface area contributed by atoms with Gasteiger partial charge in [-0.2, -0.15) is 0 Å². The number of nitrogens with two attached hydrogens (primary N) is 1. The molecule has 2 aromatic rings. The Morgan fingerprint density at radius 3 is 2.77 bits per heavy atom. The number of hydrogen-bond donors (Lipinski definition) is 1. The van der Waals surface area contributed by atoms with Crippen molar-refractivity contribution in [2.24, 2.45) is 22.6 Å². The number of hydrogen-bond acceptors (Lipinski definition) is 7. The lowest BCUT2D eigenvalue weighted by molar-refractivity contribution is -0.0564. The summed E-state index contributed by atoms with van der Waals surface area (Å²) in [5.41, 5.74) is 9.10. The highest BCUT2D eigenvalue weighted by molar-refractivity contribution is 8.14. The van der Waals surface area contributed by atoms with E-state index in [1.165, 1.54) is 12.8 Å². The van der Waals surface area contributed by atoms with Crippen molar-refractivity contribution in [1.82, 2.24) is 9.97 Å². The van der Waals surface area contributed by atoms with Crippen LogP contribution in [-0.2, 0) is 10.3 Å². The molecule has 2 aliphatic carbocycles. The molecule has 4 aliphatic rings. The highest BCUT2D eigenvalue weighted by atomic mass is 32.2. The van der Waals surface area contributed by atoms with Gasteiger partial charge in [-0.15, -0.1) is 0 Å². The van der Waals surface area contributed by atoms with E-state index < -0.39 is 0 Å². The van der Waals surface area contributed by atoms with Crippen LogP contribution in [0.3, 0.4) is 0 Å². The minimum absolute atomic E-state index is 0.166. The van der Waals surface area contributed by atoms with E-state index in [0.29, 0.717) is 11.3 Å². The number of aliphatic imine (C=N–C) groups is 1. The highest BCUT2D eigenvalue weighted by Gasteiger charge is 2.54. The van der Waals surface area contributed by atoms with Crippen molar-refractivity contribution in [1.29, 1.82) is 0 Å². The molecule has 6 rings (SSSR count). The van der Waals surface area contributed by atoms with Crippen LogP contribution in [0.15, 0.2) is 41.9 Å². The Morgan fingerprint density at radius 2 is 2.00 bits per heavy atom. The van der Waals surface area contributed by atoms with E-state index in [1.807, 2.05) is 12.4 Å². The van der Waals surface area contributed by atoms with Gasteiger partial charge < -0.3 is 15.2 Å². The molecule has 4 atom stereocenters. The largest absolute Gasteiger partial charge is 0.490 e. The molecule has 0 unspecified atom stereocenters. The molecule has 0 radical (unpaired) electrons. The molecule has 2 N–H and O–H groups in total. The Bertz CT molecular complexity index is 980. The molecule has 156 valence electrons. The topological polar surface area (TPSA) is 82.6 Å². The lowest BCUT2D eigenvalue weighted by Gasteiger charge is -2.48. The van der Waals surface area contributed by atoms with Crippen LogP contribution in [0, 0.1) is 11.8 Å². The van der Waals surface area contributed by atoms with Crippen LogP contribution in [0.25, 0.3) is 11.1 Å². The number of fused-ring (bicyclic) bond motifs is 4. The van der Waals surface area contributed by atoms with Crippen LogP contribution in [0.5, 0.6) is 5.75 Å². The van der Waals surface area contributed by atoms with Crippen LogP contribution in [0.2, 0.25) is 0 Å². The highest BCUT2D eigenvalue weighted by Crippen LogP contribution is 2.55. The third-order valence-corrected chi connectivity index (χ3v) is 7.96.